The lowest BCUT2D eigenvalue weighted by Crippen LogP contribution is -2.47. The van der Waals surface area contributed by atoms with E-state index in [-0.39, 0.29) is 11.9 Å². The van der Waals surface area contributed by atoms with Crippen molar-refractivity contribution < 1.29 is 14.3 Å². The summed E-state index contributed by atoms with van der Waals surface area (Å²) in [6.07, 6.45) is 0. The molecule has 8 nitrogen and oxygen atoms in total. The lowest BCUT2D eigenvalue weighted by atomic mass is 10.1. The van der Waals surface area contributed by atoms with Gasteiger partial charge in [-0.15, -0.1) is 0 Å². The molecule has 1 heterocycles. The Kier molecular flexibility index (Phi) is 9.28. The van der Waals surface area contributed by atoms with Gasteiger partial charge in [-0.2, -0.15) is 0 Å². The van der Waals surface area contributed by atoms with E-state index in [0.29, 0.717) is 16.9 Å². The van der Waals surface area contributed by atoms with Crippen LogP contribution in [-0.2, 0) is 0 Å². The second-order valence-corrected chi connectivity index (χ2v) is 11.0. The fraction of sp³-hybridized carbons (Fsp3) is 0.212. The molecule has 216 valence electrons. The van der Waals surface area contributed by atoms with Gasteiger partial charge in [0.1, 0.15) is 5.75 Å². The minimum atomic E-state index is -0.393. The molecule has 4 aromatic rings. The fourth-order valence-corrected chi connectivity index (χ4v) is 5.51. The largest absolute Gasteiger partial charge is 0.495 e. The van der Waals surface area contributed by atoms with Crippen LogP contribution in [0.2, 0.25) is 0 Å². The third kappa shape index (κ3) is 7.03. The first kappa shape index (κ1) is 29.0. The zero-order valence-corrected chi connectivity index (χ0v) is 25.2. The number of nitrogens with one attached hydrogen (secondary N) is 3. The van der Waals surface area contributed by atoms with Gasteiger partial charge < -0.3 is 30.5 Å². The van der Waals surface area contributed by atoms with Gasteiger partial charge in [0.2, 0.25) is 0 Å². The number of anilines is 4. The number of amides is 3. The molecule has 9 heteroatoms. The second kappa shape index (κ2) is 13.4. The summed E-state index contributed by atoms with van der Waals surface area (Å²) >= 11 is 3.42. The first-order chi connectivity index (χ1) is 20.4. The van der Waals surface area contributed by atoms with Gasteiger partial charge in [0.25, 0.3) is 5.91 Å². The van der Waals surface area contributed by atoms with Crippen LogP contribution in [-0.4, -0.2) is 45.2 Å². The van der Waals surface area contributed by atoms with Crippen molar-refractivity contribution in [2.24, 2.45) is 0 Å². The van der Waals surface area contributed by atoms with Gasteiger partial charge in [0.05, 0.1) is 24.4 Å². The van der Waals surface area contributed by atoms with Crippen molar-refractivity contribution in [3.8, 4) is 5.75 Å². The molecule has 3 amide bonds. The number of hydrogen-bond acceptors (Lipinski definition) is 5. The number of hydrogen-bond donors (Lipinski definition) is 3. The van der Waals surface area contributed by atoms with Crippen molar-refractivity contribution in [3.05, 3.63) is 113 Å². The van der Waals surface area contributed by atoms with Gasteiger partial charge in [0.15, 0.2) is 0 Å². The predicted molar refractivity (Wildman–Crippen MR) is 173 cm³/mol. The Morgan fingerprint density at radius 3 is 2.10 bits per heavy atom. The molecule has 3 N–H and O–H groups in total. The topological polar surface area (TPSA) is 85.9 Å². The molecule has 1 aliphatic heterocycles. The Balaban J connectivity index is 1.36. The first-order valence-corrected chi connectivity index (χ1v) is 14.7. The summed E-state index contributed by atoms with van der Waals surface area (Å²) in [6, 6.07) is 30.1. The van der Waals surface area contributed by atoms with Crippen LogP contribution in [0.15, 0.2) is 102 Å². The van der Waals surface area contributed by atoms with E-state index in [2.05, 4.69) is 47.7 Å². The molecule has 0 spiro atoms. The lowest BCUT2D eigenvalue weighted by Gasteiger charge is -2.38. The molecule has 0 aromatic heterocycles. The Labute approximate surface area is 254 Å². The Bertz CT molecular complexity index is 1540. The standard InChI is InChI=1S/C33H34BrN5O3/c1-23(24-9-4-3-5-10-24)35-32(40)28-22-27(37-33(41)36-26-12-8-11-25(34)21-26)15-16-29(28)38-17-19-39(20-18-38)30-13-6-7-14-31(30)42-2/h3-16,21-23H,17-20H2,1-2H3,(H,35,40)(H2,36,37,41). The summed E-state index contributed by atoms with van der Waals surface area (Å²) in [7, 11) is 1.69. The minimum Gasteiger partial charge on any atom is -0.495 e. The minimum absolute atomic E-state index is 0.189. The highest BCUT2D eigenvalue weighted by atomic mass is 79.9. The maximum absolute atomic E-state index is 13.7. The van der Waals surface area contributed by atoms with E-state index in [1.165, 1.54) is 0 Å². The Morgan fingerprint density at radius 1 is 0.762 bits per heavy atom. The summed E-state index contributed by atoms with van der Waals surface area (Å²) in [5.41, 5.74) is 4.58. The van der Waals surface area contributed by atoms with Gasteiger partial charge in [-0.1, -0.05) is 64.5 Å². The molecule has 1 aliphatic rings. The molecule has 42 heavy (non-hydrogen) atoms. The van der Waals surface area contributed by atoms with Crippen LogP contribution in [0.4, 0.5) is 27.5 Å². The molecule has 1 fully saturated rings. The number of piperazine rings is 1. The summed E-state index contributed by atoms with van der Waals surface area (Å²) in [4.78, 5) is 31.0. The molecule has 0 aliphatic carbocycles. The predicted octanol–water partition coefficient (Wildman–Crippen LogP) is 6.92. The maximum Gasteiger partial charge on any atom is 0.323 e. The van der Waals surface area contributed by atoms with Crippen LogP contribution < -0.4 is 30.5 Å². The number of benzene rings is 4. The van der Waals surface area contributed by atoms with E-state index in [1.807, 2.05) is 91.9 Å². The highest BCUT2D eigenvalue weighted by Crippen LogP contribution is 2.31. The zero-order chi connectivity index (χ0) is 29.5. The number of para-hydroxylation sites is 2. The average molecular weight is 629 g/mol. The third-order valence-electron chi connectivity index (χ3n) is 7.27. The molecule has 0 radical (unpaired) electrons. The van der Waals surface area contributed by atoms with Gasteiger partial charge >= 0.3 is 6.03 Å². The normalized spacial score (nSPS) is 13.7. The van der Waals surface area contributed by atoms with Crippen molar-refractivity contribution >= 4 is 50.6 Å². The number of carbonyl (C=O) groups excluding carboxylic acids is 2. The van der Waals surface area contributed by atoms with E-state index in [9.17, 15) is 9.59 Å². The molecule has 0 saturated carbocycles. The van der Waals surface area contributed by atoms with Crippen LogP contribution in [0.5, 0.6) is 5.75 Å². The Morgan fingerprint density at radius 2 is 1.40 bits per heavy atom. The number of carbonyl (C=O) groups is 2. The second-order valence-electron chi connectivity index (χ2n) is 10.1. The highest BCUT2D eigenvalue weighted by Gasteiger charge is 2.24. The van der Waals surface area contributed by atoms with Crippen LogP contribution in [0.3, 0.4) is 0 Å². The van der Waals surface area contributed by atoms with Crippen molar-refractivity contribution in [1.82, 2.24) is 5.32 Å². The summed E-state index contributed by atoms with van der Waals surface area (Å²) in [5, 5.41) is 8.85. The van der Waals surface area contributed by atoms with Gasteiger partial charge in [0, 0.05) is 47.7 Å². The highest BCUT2D eigenvalue weighted by molar-refractivity contribution is 9.10. The lowest BCUT2D eigenvalue weighted by molar-refractivity contribution is 0.0940. The molecule has 1 unspecified atom stereocenters. The quantitative estimate of drug-likeness (QED) is 0.197. The van der Waals surface area contributed by atoms with E-state index in [0.717, 1.165) is 53.3 Å². The van der Waals surface area contributed by atoms with E-state index in [4.69, 9.17) is 4.74 Å². The molecular formula is C33H34BrN5O3. The van der Waals surface area contributed by atoms with Gasteiger partial charge in [-0.05, 0) is 61.0 Å². The summed E-state index contributed by atoms with van der Waals surface area (Å²) in [5.74, 6) is 0.641. The number of ether oxygens (including phenoxy) is 1. The van der Waals surface area contributed by atoms with Crippen LogP contribution >= 0.6 is 15.9 Å². The number of rotatable bonds is 8. The van der Waals surface area contributed by atoms with E-state index >= 15 is 0 Å². The molecule has 5 rings (SSSR count). The van der Waals surface area contributed by atoms with Gasteiger partial charge in [-0.25, -0.2) is 4.79 Å². The first-order valence-electron chi connectivity index (χ1n) is 13.9. The number of methoxy groups -OCH3 is 1. The van der Waals surface area contributed by atoms with Crippen molar-refractivity contribution in [1.29, 1.82) is 0 Å². The van der Waals surface area contributed by atoms with E-state index in [1.54, 1.807) is 13.2 Å². The van der Waals surface area contributed by atoms with Gasteiger partial charge in [-0.3, -0.25) is 4.79 Å². The summed E-state index contributed by atoms with van der Waals surface area (Å²) < 4.78 is 6.43. The van der Waals surface area contributed by atoms with Crippen molar-refractivity contribution in [3.63, 3.8) is 0 Å². The zero-order valence-electron chi connectivity index (χ0n) is 23.6. The smallest absolute Gasteiger partial charge is 0.323 e. The number of halogens is 1. The number of nitrogens with zero attached hydrogens (tertiary/aromatic N) is 2. The van der Waals surface area contributed by atoms with E-state index < -0.39 is 6.03 Å². The van der Waals surface area contributed by atoms with Crippen molar-refractivity contribution in [2.75, 3.05) is 53.7 Å². The third-order valence-corrected chi connectivity index (χ3v) is 7.77. The maximum atomic E-state index is 13.7. The molecule has 1 atom stereocenters. The summed E-state index contributed by atoms with van der Waals surface area (Å²) in [6.45, 7) is 4.96. The number of urea groups is 1. The SMILES string of the molecule is COc1ccccc1N1CCN(c2ccc(NC(=O)Nc3cccc(Br)c3)cc2C(=O)NC(C)c2ccccc2)CC1. The molecule has 0 bridgehead atoms. The van der Waals surface area contributed by atoms with Crippen molar-refractivity contribution in [2.45, 2.75) is 13.0 Å². The fourth-order valence-electron chi connectivity index (χ4n) is 5.11. The van der Waals surface area contributed by atoms with Crippen LogP contribution in [0, 0.1) is 0 Å². The molecular weight excluding hydrogens is 594 g/mol. The monoisotopic (exact) mass is 627 g/mol. The molecule has 1 saturated heterocycles. The van der Waals surface area contributed by atoms with Crippen LogP contribution in [0.25, 0.3) is 0 Å². The van der Waals surface area contributed by atoms with Crippen LogP contribution in [0.1, 0.15) is 28.9 Å². The molecule has 4 aromatic carbocycles. The average Bonchev–Trinajstić information content (AvgIpc) is 3.01. The Hall–Kier alpha value is -4.50.